The first kappa shape index (κ1) is 24.4. The second-order valence-electron chi connectivity index (χ2n) is 7.27. The van der Waals surface area contributed by atoms with Gasteiger partial charge in [0.2, 0.25) is 20.0 Å². The lowest BCUT2D eigenvalue weighted by Crippen LogP contribution is -2.48. The second-order valence-corrected chi connectivity index (χ2v) is 11.1. The minimum absolute atomic E-state index is 0.0872. The average Bonchev–Trinajstić information content (AvgIpc) is 2.79. The zero-order valence-electron chi connectivity index (χ0n) is 18.4. The van der Waals surface area contributed by atoms with Crippen molar-refractivity contribution in [2.24, 2.45) is 0 Å². The van der Waals surface area contributed by atoms with E-state index in [1.54, 1.807) is 26.0 Å². The zero-order valence-corrected chi connectivity index (χ0v) is 20.0. The van der Waals surface area contributed by atoms with Crippen LogP contribution in [0.1, 0.15) is 13.8 Å². The summed E-state index contributed by atoms with van der Waals surface area (Å²) in [6.07, 6.45) is 0. The van der Waals surface area contributed by atoms with Gasteiger partial charge in [-0.25, -0.2) is 21.2 Å². The Labute approximate surface area is 189 Å². The van der Waals surface area contributed by atoms with Gasteiger partial charge in [0.15, 0.2) is 0 Å². The molecule has 0 atom stereocenters. The third-order valence-electron chi connectivity index (χ3n) is 5.51. The van der Waals surface area contributed by atoms with Gasteiger partial charge in [-0.2, -0.15) is 8.61 Å². The summed E-state index contributed by atoms with van der Waals surface area (Å²) in [6, 6.07) is 9.64. The monoisotopic (exact) mass is 485 g/mol. The molecule has 0 radical (unpaired) electrons. The summed E-state index contributed by atoms with van der Waals surface area (Å²) in [4.78, 5) is 1.97. The molecular weight excluding hydrogens is 457 g/mol. The molecule has 8 nitrogen and oxygen atoms in total. The fourth-order valence-electron chi connectivity index (χ4n) is 3.74. The van der Waals surface area contributed by atoms with Gasteiger partial charge in [0.25, 0.3) is 0 Å². The SMILES string of the molecule is CCN(CC)S(=O)(=O)c1ccc(OC)c(N2CCN(S(=O)(=O)c3cccc(F)c3)CC2)c1. The summed E-state index contributed by atoms with van der Waals surface area (Å²) >= 11 is 0. The van der Waals surface area contributed by atoms with Crippen LogP contribution < -0.4 is 9.64 Å². The van der Waals surface area contributed by atoms with Gasteiger partial charge in [0.1, 0.15) is 11.6 Å². The smallest absolute Gasteiger partial charge is 0.243 e. The number of sulfonamides is 2. The summed E-state index contributed by atoms with van der Waals surface area (Å²) < 4.78 is 73.3. The van der Waals surface area contributed by atoms with Crippen LogP contribution in [0.25, 0.3) is 0 Å². The van der Waals surface area contributed by atoms with Crippen LogP contribution in [-0.4, -0.2) is 71.8 Å². The zero-order chi connectivity index (χ0) is 23.5. The fourth-order valence-corrected chi connectivity index (χ4v) is 6.67. The Kier molecular flexibility index (Phi) is 7.43. The molecule has 0 spiro atoms. The maximum Gasteiger partial charge on any atom is 0.243 e. The fraction of sp³-hybridized carbons (Fsp3) is 0.429. The first-order valence-electron chi connectivity index (χ1n) is 10.3. The number of hydrogen-bond acceptors (Lipinski definition) is 6. The molecule has 2 aromatic rings. The highest BCUT2D eigenvalue weighted by molar-refractivity contribution is 7.89. The molecule has 0 aromatic heterocycles. The van der Waals surface area contributed by atoms with Crippen LogP contribution in [0.4, 0.5) is 10.1 Å². The number of ether oxygens (including phenoxy) is 1. The van der Waals surface area contributed by atoms with Crippen LogP contribution in [0, 0.1) is 5.82 Å². The Morgan fingerprint density at radius 2 is 1.59 bits per heavy atom. The number of rotatable bonds is 8. The average molecular weight is 486 g/mol. The van der Waals surface area contributed by atoms with E-state index >= 15 is 0 Å². The Morgan fingerprint density at radius 1 is 0.938 bits per heavy atom. The van der Waals surface area contributed by atoms with Crippen molar-refractivity contribution < 1.29 is 26.0 Å². The van der Waals surface area contributed by atoms with E-state index in [0.717, 1.165) is 6.07 Å². The van der Waals surface area contributed by atoms with Gasteiger partial charge in [-0.1, -0.05) is 19.9 Å². The molecular formula is C21H28FN3O5S2. The molecule has 0 N–H and O–H groups in total. The van der Waals surface area contributed by atoms with E-state index in [1.165, 1.54) is 40.0 Å². The standard InChI is InChI=1S/C21H28FN3O5S2/c1-4-24(5-2)31(26,27)19-9-10-21(30-3)20(16-19)23-11-13-25(14-12-23)32(28,29)18-8-6-7-17(22)15-18/h6-10,15-16H,4-5,11-14H2,1-3H3. The van der Waals surface area contributed by atoms with Crippen molar-refractivity contribution in [3.05, 3.63) is 48.3 Å². The van der Waals surface area contributed by atoms with E-state index in [9.17, 15) is 21.2 Å². The van der Waals surface area contributed by atoms with Gasteiger partial charge in [0.05, 0.1) is 22.6 Å². The van der Waals surface area contributed by atoms with E-state index < -0.39 is 25.9 Å². The normalized spacial score (nSPS) is 15.8. The third kappa shape index (κ3) is 4.75. The first-order chi connectivity index (χ1) is 15.1. The molecule has 1 aliphatic heterocycles. The maximum absolute atomic E-state index is 13.5. The van der Waals surface area contributed by atoms with Crippen molar-refractivity contribution in [3.63, 3.8) is 0 Å². The van der Waals surface area contributed by atoms with E-state index in [0.29, 0.717) is 37.6 Å². The Balaban J connectivity index is 1.85. The van der Waals surface area contributed by atoms with Gasteiger partial charge < -0.3 is 9.64 Å². The molecule has 0 amide bonds. The topological polar surface area (TPSA) is 87.2 Å². The number of piperazine rings is 1. The predicted octanol–water partition coefficient (Wildman–Crippen LogP) is 2.38. The summed E-state index contributed by atoms with van der Waals surface area (Å²) in [6.45, 7) is 5.30. The summed E-state index contributed by atoms with van der Waals surface area (Å²) in [5.41, 5.74) is 0.587. The number of hydrogen-bond donors (Lipinski definition) is 0. The largest absolute Gasteiger partial charge is 0.495 e. The maximum atomic E-state index is 13.5. The van der Waals surface area contributed by atoms with Gasteiger partial charge >= 0.3 is 0 Å². The van der Waals surface area contributed by atoms with Crippen LogP contribution >= 0.6 is 0 Å². The van der Waals surface area contributed by atoms with Crippen LogP contribution in [0.15, 0.2) is 52.3 Å². The van der Waals surface area contributed by atoms with Gasteiger partial charge in [-0.15, -0.1) is 0 Å². The highest BCUT2D eigenvalue weighted by atomic mass is 32.2. The minimum Gasteiger partial charge on any atom is -0.495 e. The minimum atomic E-state index is -3.82. The summed E-state index contributed by atoms with van der Waals surface area (Å²) in [5, 5.41) is 0. The summed E-state index contributed by atoms with van der Waals surface area (Å²) in [7, 11) is -5.97. The van der Waals surface area contributed by atoms with Crippen molar-refractivity contribution in [3.8, 4) is 5.75 Å². The Bertz CT molecular complexity index is 1160. The van der Waals surface area contributed by atoms with Crippen LogP contribution in [0.5, 0.6) is 5.75 Å². The Hall–Kier alpha value is -2.21. The third-order valence-corrected chi connectivity index (χ3v) is 9.45. The second kappa shape index (κ2) is 9.74. The van der Waals surface area contributed by atoms with E-state index in [-0.39, 0.29) is 22.9 Å². The summed E-state index contributed by atoms with van der Waals surface area (Å²) in [5.74, 6) is -0.106. The molecule has 1 fully saturated rings. The molecule has 32 heavy (non-hydrogen) atoms. The number of halogens is 1. The molecule has 2 aromatic carbocycles. The highest BCUT2D eigenvalue weighted by Crippen LogP contribution is 2.33. The Morgan fingerprint density at radius 3 is 2.16 bits per heavy atom. The molecule has 1 aliphatic rings. The number of nitrogens with zero attached hydrogens (tertiary/aromatic N) is 3. The number of methoxy groups -OCH3 is 1. The quantitative estimate of drug-likeness (QED) is 0.571. The molecule has 0 aliphatic carbocycles. The lowest BCUT2D eigenvalue weighted by atomic mass is 10.2. The van der Waals surface area contributed by atoms with Gasteiger partial charge in [-0.3, -0.25) is 0 Å². The van der Waals surface area contributed by atoms with Gasteiger partial charge in [0, 0.05) is 39.3 Å². The molecule has 1 heterocycles. The van der Waals surface area contributed by atoms with Crippen LogP contribution in [-0.2, 0) is 20.0 Å². The molecule has 0 saturated carbocycles. The van der Waals surface area contributed by atoms with Gasteiger partial charge in [-0.05, 0) is 36.4 Å². The molecule has 0 unspecified atom stereocenters. The lowest BCUT2D eigenvalue weighted by Gasteiger charge is -2.36. The number of anilines is 1. The lowest BCUT2D eigenvalue weighted by molar-refractivity contribution is 0.378. The van der Waals surface area contributed by atoms with Crippen LogP contribution in [0.3, 0.4) is 0 Å². The van der Waals surface area contributed by atoms with E-state index in [2.05, 4.69) is 0 Å². The first-order valence-corrected chi connectivity index (χ1v) is 13.2. The molecule has 11 heteroatoms. The molecule has 1 saturated heterocycles. The van der Waals surface area contributed by atoms with Crippen molar-refractivity contribution >= 4 is 25.7 Å². The molecule has 0 bridgehead atoms. The van der Waals surface area contributed by atoms with Crippen molar-refractivity contribution in [2.75, 3.05) is 51.3 Å². The molecule has 176 valence electrons. The highest BCUT2D eigenvalue weighted by Gasteiger charge is 2.31. The number of benzene rings is 2. The van der Waals surface area contributed by atoms with Crippen LogP contribution in [0.2, 0.25) is 0 Å². The van der Waals surface area contributed by atoms with E-state index in [4.69, 9.17) is 4.74 Å². The van der Waals surface area contributed by atoms with E-state index in [1.807, 2.05) is 4.90 Å². The van der Waals surface area contributed by atoms with Crippen molar-refractivity contribution in [2.45, 2.75) is 23.6 Å². The predicted molar refractivity (Wildman–Crippen MR) is 120 cm³/mol. The molecule has 3 rings (SSSR count). The van der Waals surface area contributed by atoms with Crippen molar-refractivity contribution in [1.82, 2.24) is 8.61 Å². The van der Waals surface area contributed by atoms with Crippen molar-refractivity contribution in [1.29, 1.82) is 0 Å².